The molecule has 0 saturated heterocycles. The van der Waals surface area contributed by atoms with Crippen molar-refractivity contribution in [1.29, 1.82) is 0 Å². The number of aromatic carboxylic acids is 1. The minimum atomic E-state index is -1.19. The largest absolute Gasteiger partial charge is 0.478 e. The number of carboxylic acid groups (broad SMARTS) is 1. The van der Waals surface area contributed by atoms with Crippen molar-refractivity contribution in [2.45, 2.75) is 0 Å². The van der Waals surface area contributed by atoms with E-state index in [0.717, 1.165) is 6.07 Å². The molecule has 2 rings (SSSR count). The maximum Gasteiger partial charge on any atom is 0.335 e. The third kappa shape index (κ3) is 4.19. The van der Waals surface area contributed by atoms with Gasteiger partial charge in [0.1, 0.15) is 5.82 Å². The quantitative estimate of drug-likeness (QED) is 0.695. The smallest absolute Gasteiger partial charge is 0.335 e. The molecule has 5 nitrogen and oxygen atoms in total. The van der Waals surface area contributed by atoms with Gasteiger partial charge in [0.25, 0.3) is 5.91 Å². The average Bonchev–Trinajstić information content (AvgIpc) is 2.50. The first-order valence-corrected chi connectivity index (χ1v) is 7.55. The van der Waals surface area contributed by atoms with Crippen LogP contribution < -0.4 is 10.6 Å². The molecule has 9 heteroatoms. The number of amides is 1. The molecule has 2 aromatic rings. The highest BCUT2D eigenvalue weighted by Gasteiger charge is 2.16. The van der Waals surface area contributed by atoms with Crippen molar-refractivity contribution in [1.82, 2.24) is 5.32 Å². The van der Waals surface area contributed by atoms with Crippen LogP contribution in [0.4, 0.5) is 10.1 Å². The molecule has 24 heavy (non-hydrogen) atoms. The van der Waals surface area contributed by atoms with Gasteiger partial charge in [0.2, 0.25) is 0 Å². The lowest BCUT2D eigenvalue weighted by Gasteiger charge is -2.13. The standard InChI is InChI=1S/C15H9Cl2FN2O3S/c16-9-5-7(14(22)23)6-10(17)12(9)19-15(24)20-13(21)8-3-1-2-4-11(8)18/h1-6H,(H,22,23)(H2,19,20,21,24). The maximum absolute atomic E-state index is 13.5. The van der Waals surface area contributed by atoms with Crippen LogP contribution in [0.5, 0.6) is 0 Å². The van der Waals surface area contributed by atoms with E-state index in [0.29, 0.717) is 0 Å². The van der Waals surface area contributed by atoms with Crippen LogP contribution in [0, 0.1) is 5.82 Å². The fourth-order valence-electron chi connectivity index (χ4n) is 1.78. The highest BCUT2D eigenvalue weighted by Crippen LogP contribution is 2.31. The number of thiocarbonyl (C=S) groups is 1. The third-order valence-corrected chi connectivity index (χ3v) is 3.67. The molecule has 0 fully saturated rings. The second-order valence-corrected chi connectivity index (χ2v) is 5.73. The number of halogens is 3. The summed E-state index contributed by atoms with van der Waals surface area (Å²) in [6, 6.07) is 7.76. The molecule has 0 saturated carbocycles. The zero-order chi connectivity index (χ0) is 17.9. The number of rotatable bonds is 3. The number of hydrogen-bond acceptors (Lipinski definition) is 3. The van der Waals surface area contributed by atoms with Gasteiger partial charge >= 0.3 is 5.97 Å². The Morgan fingerprint density at radius 3 is 2.25 bits per heavy atom. The van der Waals surface area contributed by atoms with Crippen molar-refractivity contribution < 1.29 is 19.1 Å². The van der Waals surface area contributed by atoms with Gasteiger partial charge in [-0.05, 0) is 36.5 Å². The molecule has 0 spiro atoms. The first-order valence-electron chi connectivity index (χ1n) is 6.38. The first-order chi connectivity index (χ1) is 11.3. The topological polar surface area (TPSA) is 78.4 Å². The molecular weight excluding hydrogens is 378 g/mol. The summed E-state index contributed by atoms with van der Waals surface area (Å²) >= 11 is 16.9. The highest BCUT2D eigenvalue weighted by atomic mass is 35.5. The minimum Gasteiger partial charge on any atom is -0.478 e. The SMILES string of the molecule is O=C(O)c1cc(Cl)c(NC(=S)NC(=O)c2ccccc2F)c(Cl)c1. The molecule has 0 unspecified atom stereocenters. The Morgan fingerprint density at radius 2 is 1.71 bits per heavy atom. The van der Waals surface area contributed by atoms with Crippen molar-refractivity contribution in [2.75, 3.05) is 5.32 Å². The van der Waals surface area contributed by atoms with Crippen LogP contribution in [0.25, 0.3) is 0 Å². The van der Waals surface area contributed by atoms with E-state index in [1.807, 2.05) is 0 Å². The molecule has 0 heterocycles. The van der Waals surface area contributed by atoms with Crippen LogP contribution in [-0.2, 0) is 0 Å². The summed E-state index contributed by atoms with van der Waals surface area (Å²) in [6.45, 7) is 0. The summed E-state index contributed by atoms with van der Waals surface area (Å²) in [5.41, 5.74) is -0.154. The lowest BCUT2D eigenvalue weighted by atomic mass is 10.2. The van der Waals surface area contributed by atoms with Crippen molar-refractivity contribution in [3.05, 3.63) is 63.4 Å². The number of benzene rings is 2. The van der Waals surface area contributed by atoms with Crippen LogP contribution in [0.2, 0.25) is 10.0 Å². The monoisotopic (exact) mass is 386 g/mol. The first kappa shape index (κ1) is 18.1. The van der Waals surface area contributed by atoms with Gasteiger partial charge in [-0.1, -0.05) is 35.3 Å². The van der Waals surface area contributed by atoms with Gasteiger partial charge in [-0.2, -0.15) is 0 Å². The third-order valence-electron chi connectivity index (χ3n) is 2.87. The Labute approximate surface area is 151 Å². The number of carboxylic acids is 1. The zero-order valence-corrected chi connectivity index (χ0v) is 14.1. The van der Waals surface area contributed by atoms with E-state index in [-0.39, 0.29) is 32.0 Å². The second kappa shape index (κ2) is 7.57. The molecule has 3 N–H and O–H groups in total. The van der Waals surface area contributed by atoms with E-state index in [2.05, 4.69) is 10.6 Å². The van der Waals surface area contributed by atoms with E-state index in [4.69, 9.17) is 40.5 Å². The molecular formula is C15H9Cl2FN2O3S. The molecule has 0 atom stereocenters. The maximum atomic E-state index is 13.5. The fraction of sp³-hybridized carbons (Fsp3) is 0. The molecule has 0 aromatic heterocycles. The van der Waals surface area contributed by atoms with Gasteiger partial charge in [0, 0.05) is 0 Å². The highest BCUT2D eigenvalue weighted by molar-refractivity contribution is 7.80. The number of anilines is 1. The molecule has 0 bridgehead atoms. The van der Waals surface area contributed by atoms with Crippen LogP contribution in [-0.4, -0.2) is 22.1 Å². The summed E-state index contributed by atoms with van der Waals surface area (Å²) in [4.78, 5) is 22.9. The Kier molecular flexibility index (Phi) is 5.71. The Balaban J connectivity index is 2.14. The molecule has 0 aliphatic heterocycles. The van der Waals surface area contributed by atoms with Crippen LogP contribution in [0.15, 0.2) is 36.4 Å². The summed E-state index contributed by atoms with van der Waals surface area (Å²) < 4.78 is 13.5. The van der Waals surface area contributed by atoms with E-state index in [1.54, 1.807) is 0 Å². The van der Waals surface area contributed by atoms with E-state index >= 15 is 0 Å². The summed E-state index contributed by atoms with van der Waals surface area (Å²) in [6.07, 6.45) is 0. The van der Waals surface area contributed by atoms with Gasteiger partial charge in [0.15, 0.2) is 5.11 Å². The van der Waals surface area contributed by atoms with Crippen molar-refractivity contribution in [3.63, 3.8) is 0 Å². The van der Waals surface area contributed by atoms with Crippen molar-refractivity contribution in [2.24, 2.45) is 0 Å². The van der Waals surface area contributed by atoms with Gasteiger partial charge in [-0.25, -0.2) is 9.18 Å². The molecule has 0 aliphatic rings. The lowest BCUT2D eigenvalue weighted by molar-refractivity contribution is 0.0696. The van der Waals surface area contributed by atoms with Gasteiger partial charge in [-0.3, -0.25) is 10.1 Å². The van der Waals surface area contributed by atoms with Crippen LogP contribution in [0.3, 0.4) is 0 Å². The molecule has 124 valence electrons. The van der Waals surface area contributed by atoms with Gasteiger partial charge in [0.05, 0.1) is 26.9 Å². The van der Waals surface area contributed by atoms with E-state index in [1.165, 1.54) is 30.3 Å². The number of carbonyl (C=O) groups excluding carboxylic acids is 1. The average molecular weight is 387 g/mol. The van der Waals surface area contributed by atoms with Gasteiger partial charge in [-0.15, -0.1) is 0 Å². The van der Waals surface area contributed by atoms with Gasteiger partial charge < -0.3 is 10.4 Å². The predicted octanol–water partition coefficient (Wildman–Crippen LogP) is 3.96. The van der Waals surface area contributed by atoms with Crippen molar-refractivity contribution in [3.8, 4) is 0 Å². The lowest BCUT2D eigenvalue weighted by Crippen LogP contribution is -2.34. The fourth-order valence-corrected chi connectivity index (χ4v) is 2.55. The Hall–Kier alpha value is -2.22. The Morgan fingerprint density at radius 1 is 1.12 bits per heavy atom. The number of hydrogen-bond donors (Lipinski definition) is 3. The predicted molar refractivity (Wildman–Crippen MR) is 93.5 cm³/mol. The molecule has 0 aliphatic carbocycles. The minimum absolute atomic E-state index is 0.00221. The second-order valence-electron chi connectivity index (χ2n) is 4.51. The van der Waals surface area contributed by atoms with E-state index in [9.17, 15) is 14.0 Å². The molecule has 0 radical (unpaired) electrons. The number of carbonyl (C=O) groups is 2. The van der Waals surface area contributed by atoms with Crippen molar-refractivity contribution >= 4 is 58.1 Å². The Bertz CT molecular complexity index is 822. The van der Waals surface area contributed by atoms with Crippen LogP contribution in [0.1, 0.15) is 20.7 Å². The molecule has 2 aromatic carbocycles. The summed E-state index contributed by atoms with van der Waals surface area (Å²) in [5.74, 6) is -2.64. The summed E-state index contributed by atoms with van der Waals surface area (Å²) in [5, 5.41) is 13.6. The number of nitrogens with one attached hydrogen (secondary N) is 2. The summed E-state index contributed by atoms with van der Waals surface area (Å²) in [7, 11) is 0. The van der Waals surface area contributed by atoms with Crippen LogP contribution >= 0.6 is 35.4 Å². The molecule has 1 amide bonds. The van der Waals surface area contributed by atoms with E-state index < -0.39 is 17.7 Å². The normalized spacial score (nSPS) is 10.1. The zero-order valence-electron chi connectivity index (χ0n) is 11.8.